The van der Waals surface area contributed by atoms with Gasteiger partial charge in [-0.05, 0) is 54.5 Å². The van der Waals surface area contributed by atoms with Crippen LogP contribution in [0.15, 0.2) is 11.2 Å². The zero-order valence-electron chi connectivity index (χ0n) is 18.9. The molecular formula is C20H29N3O8. The number of hydrogen-bond donors (Lipinski definition) is 3. The molecule has 31 heavy (non-hydrogen) atoms. The highest BCUT2D eigenvalue weighted by Crippen LogP contribution is 2.40. The summed E-state index contributed by atoms with van der Waals surface area (Å²) in [5, 5.41) is 22.1. The summed E-state index contributed by atoms with van der Waals surface area (Å²) in [5.41, 5.74) is 2.69. The van der Waals surface area contributed by atoms with Crippen molar-refractivity contribution in [2.45, 2.75) is 59.7 Å². The van der Waals surface area contributed by atoms with E-state index in [1.807, 2.05) is 0 Å². The summed E-state index contributed by atoms with van der Waals surface area (Å²) in [6.07, 6.45) is -2.43. The Kier molecular flexibility index (Phi) is 7.50. The molecule has 0 heterocycles. The number of imide groups is 1. The molecule has 0 atom stereocenters. The molecule has 1 aromatic rings. The summed E-state index contributed by atoms with van der Waals surface area (Å²) in [6, 6.07) is 1.22. The highest BCUT2D eigenvalue weighted by atomic mass is 16.6. The Hall–Kier alpha value is -3.50. The Labute approximate surface area is 180 Å². The number of nitrogens with zero attached hydrogens (tertiary/aromatic N) is 2. The SMILES string of the molecule is COc1cc(C(C)=NO)c(N)c(N(C(=O)OC(C)(C)C)C(=O)OC(C)(C)C)c1C(=O)O. The number of benzene rings is 1. The van der Waals surface area contributed by atoms with Gasteiger partial charge in [-0.25, -0.2) is 14.4 Å². The van der Waals surface area contributed by atoms with Gasteiger partial charge in [-0.2, -0.15) is 4.90 Å². The van der Waals surface area contributed by atoms with Gasteiger partial charge in [0.05, 0.1) is 18.5 Å². The highest BCUT2D eigenvalue weighted by Gasteiger charge is 2.38. The van der Waals surface area contributed by atoms with Gasteiger partial charge in [0.25, 0.3) is 0 Å². The predicted molar refractivity (Wildman–Crippen MR) is 113 cm³/mol. The number of oxime groups is 1. The van der Waals surface area contributed by atoms with Crippen molar-refractivity contribution in [2.75, 3.05) is 17.7 Å². The van der Waals surface area contributed by atoms with E-state index in [0.29, 0.717) is 4.90 Å². The lowest BCUT2D eigenvalue weighted by Crippen LogP contribution is -2.45. The molecule has 4 N–H and O–H groups in total. The number of rotatable bonds is 4. The molecular weight excluding hydrogens is 410 g/mol. The maximum atomic E-state index is 13.0. The number of anilines is 2. The molecule has 0 saturated heterocycles. The first-order valence-electron chi connectivity index (χ1n) is 9.23. The van der Waals surface area contributed by atoms with E-state index >= 15 is 0 Å². The molecule has 0 spiro atoms. The van der Waals surface area contributed by atoms with Gasteiger partial charge < -0.3 is 30.3 Å². The Morgan fingerprint density at radius 1 is 1.03 bits per heavy atom. The van der Waals surface area contributed by atoms with E-state index in [0.717, 1.165) is 0 Å². The molecule has 2 amide bonds. The van der Waals surface area contributed by atoms with E-state index in [1.54, 1.807) is 41.5 Å². The summed E-state index contributed by atoms with van der Waals surface area (Å²) in [6.45, 7) is 10.8. The number of carbonyl (C=O) groups is 3. The number of nitrogen functional groups attached to an aromatic ring is 1. The smallest absolute Gasteiger partial charge is 0.424 e. The van der Waals surface area contributed by atoms with Crippen molar-refractivity contribution in [3.8, 4) is 5.75 Å². The minimum Gasteiger partial charge on any atom is -0.496 e. The zero-order valence-corrected chi connectivity index (χ0v) is 18.9. The average molecular weight is 439 g/mol. The fourth-order valence-corrected chi connectivity index (χ4v) is 2.49. The van der Waals surface area contributed by atoms with Crippen LogP contribution in [-0.2, 0) is 9.47 Å². The summed E-state index contributed by atoms with van der Waals surface area (Å²) < 4.78 is 15.7. The van der Waals surface area contributed by atoms with Crippen molar-refractivity contribution in [1.29, 1.82) is 0 Å². The largest absolute Gasteiger partial charge is 0.496 e. The third-order valence-electron chi connectivity index (χ3n) is 3.65. The van der Waals surface area contributed by atoms with Gasteiger partial charge in [0.2, 0.25) is 0 Å². The second-order valence-corrected chi connectivity index (χ2v) is 8.55. The van der Waals surface area contributed by atoms with E-state index < -0.39 is 40.6 Å². The number of aromatic carboxylic acids is 1. The Bertz CT molecular complexity index is 882. The standard InChI is InChI=1S/C20H29N3O8/c1-10(22-28)11-9-12(29-8)13(16(24)25)15(14(11)21)23(17(26)30-19(2,3)4)18(27)31-20(5,6)7/h9,28H,21H2,1-8H3,(H,24,25). The lowest BCUT2D eigenvalue weighted by molar-refractivity contribution is 0.0431. The molecule has 1 aromatic carbocycles. The van der Waals surface area contributed by atoms with E-state index in [4.69, 9.17) is 19.9 Å². The summed E-state index contributed by atoms with van der Waals surface area (Å²) in [5.74, 6) is -1.76. The van der Waals surface area contributed by atoms with E-state index in [2.05, 4.69) is 5.16 Å². The molecule has 0 fully saturated rings. The molecule has 0 aromatic heterocycles. The number of ether oxygens (including phenoxy) is 3. The lowest BCUT2D eigenvalue weighted by atomic mass is 10.0. The number of hydrogen-bond acceptors (Lipinski definition) is 9. The highest BCUT2D eigenvalue weighted by molar-refractivity contribution is 6.19. The minimum atomic E-state index is -1.53. The third-order valence-corrected chi connectivity index (χ3v) is 3.65. The third kappa shape index (κ3) is 6.24. The number of carboxylic acid groups (broad SMARTS) is 1. The first kappa shape index (κ1) is 25.5. The predicted octanol–water partition coefficient (Wildman–Crippen LogP) is 3.85. The van der Waals surface area contributed by atoms with Crippen LogP contribution < -0.4 is 15.4 Å². The molecule has 0 aliphatic heterocycles. The van der Waals surface area contributed by atoms with Crippen LogP contribution in [0.2, 0.25) is 0 Å². The van der Waals surface area contributed by atoms with Gasteiger partial charge in [-0.3, -0.25) is 0 Å². The number of carboxylic acids is 1. The van der Waals surface area contributed by atoms with Crippen LogP contribution in [0.3, 0.4) is 0 Å². The van der Waals surface area contributed by atoms with Crippen LogP contribution in [0.25, 0.3) is 0 Å². The van der Waals surface area contributed by atoms with Gasteiger partial charge in [0, 0.05) is 5.56 Å². The minimum absolute atomic E-state index is 0.0117. The molecule has 0 unspecified atom stereocenters. The van der Waals surface area contributed by atoms with Crippen molar-refractivity contribution in [3.63, 3.8) is 0 Å². The van der Waals surface area contributed by atoms with Crippen LogP contribution >= 0.6 is 0 Å². The summed E-state index contributed by atoms with van der Waals surface area (Å²) in [7, 11) is 1.20. The Morgan fingerprint density at radius 3 is 1.81 bits per heavy atom. The van der Waals surface area contributed by atoms with Crippen molar-refractivity contribution < 1.29 is 38.9 Å². The second-order valence-electron chi connectivity index (χ2n) is 8.55. The quantitative estimate of drug-likeness (QED) is 0.274. The van der Waals surface area contributed by atoms with Crippen molar-refractivity contribution in [2.24, 2.45) is 5.16 Å². The van der Waals surface area contributed by atoms with Crippen LogP contribution in [0.4, 0.5) is 21.0 Å². The Balaban J connectivity index is 4.01. The van der Waals surface area contributed by atoms with Crippen molar-refractivity contribution >= 4 is 35.2 Å². The fraction of sp³-hybridized carbons (Fsp3) is 0.500. The average Bonchev–Trinajstić information content (AvgIpc) is 2.58. The second kappa shape index (κ2) is 9.11. The number of nitrogens with two attached hydrogens (primary N) is 1. The first-order chi connectivity index (χ1) is 14.0. The van der Waals surface area contributed by atoms with E-state index in [1.165, 1.54) is 20.1 Å². The molecule has 1 rings (SSSR count). The maximum Gasteiger partial charge on any atom is 0.424 e. The van der Waals surface area contributed by atoms with Gasteiger partial charge in [-0.15, -0.1) is 0 Å². The molecule has 11 heteroatoms. The van der Waals surface area contributed by atoms with Crippen molar-refractivity contribution in [3.05, 3.63) is 17.2 Å². The Morgan fingerprint density at radius 2 is 1.48 bits per heavy atom. The first-order valence-corrected chi connectivity index (χ1v) is 9.23. The molecule has 0 bridgehead atoms. The number of methoxy groups -OCH3 is 1. The normalized spacial score (nSPS) is 12.2. The van der Waals surface area contributed by atoms with Gasteiger partial charge >= 0.3 is 18.2 Å². The van der Waals surface area contributed by atoms with Crippen LogP contribution in [0, 0.1) is 0 Å². The van der Waals surface area contributed by atoms with E-state index in [-0.39, 0.29) is 22.7 Å². The van der Waals surface area contributed by atoms with Crippen LogP contribution in [0.1, 0.15) is 64.4 Å². The lowest BCUT2D eigenvalue weighted by Gasteiger charge is -2.30. The maximum absolute atomic E-state index is 13.0. The van der Waals surface area contributed by atoms with Crippen LogP contribution in [0.5, 0.6) is 5.75 Å². The fourth-order valence-electron chi connectivity index (χ4n) is 2.49. The molecule has 0 aliphatic rings. The molecule has 0 radical (unpaired) electrons. The zero-order chi connectivity index (χ0) is 24.3. The molecule has 172 valence electrons. The number of amides is 2. The van der Waals surface area contributed by atoms with Gasteiger partial charge in [0.1, 0.15) is 28.2 Å². The monoisotopic (exact) mass is 439 g/mol. The van der Waals surface area contributed by atoms with Gasteiger partial charge in [0.15, 0.2) is 0 Å². The number of carbonyl (C=O) groups excluding carboxylic acids is 2. The van der Waals surface area contributed by atoms with E-state index in [9.17, 15) is 24.7 Å². The summed E-state index contributed by atoms with van der Waals surface area (Å²) >= 11 is 0. The van der Waals surface area contributed by atoms with Gasteiger partial charge in [-0.1, -0.05) is 5.16 Å². The molecule has 11 nitrogen and oxygen atoms in total. The van der Waals surface area contributed by atoms with Crippen LogP contribution in [-0.4, -0.2) is 52.5 Å². The topological polar surface area (TPSA) is 161 Å². The summed E-state index contributed by atoms with van der Waals surface area (Å²) in [4.78, 5) is 38.5. The van der Waals surface area contributed by atoms with Crippen molar-refractivity contribution in [1.82, 2.24) is 0 Å². The molecule has 0 aliphatic carbocycles. The molecule has 0 saturated carbocycles.